The summed E-state index contributed by atoms with van der Waals surface area (Å²) in [7, 11) is 0. The maximum atomic E-state index is 13.0. The number of amides is 1. The molecule has 2 atom stereocenters. The molecule has 1 aromatic rings. The van der Waals surface area contributed by atoms with Crippen LogP contribution in [-0.4, -0.2) is 28.7 Å². The Balaban J connectivity index is 2.18. The summed E-state index contributed by atoms with van der Waals surface area (Å²) in [6, 6.07) is 10.6. The van der Waals surface area contributed by atoms with E-state index in [9.17, 15) is 4.79 Å². The molecular weight excluding hydrogens is 314 g/mol. The summed E-state index contributed by atoms with van der Waals surface area (Å²) in [5.74, 6) is 0.320. The van der Waals surface area contributed by atoms with Crippen molar-refractivity contribution >= 4 is 21.8 Å². The number of hydrogen-bond acceptors (Lipinski definition) is 1. The molecule has 1 saturated heterocycles. The van der Waals surface area contributed by atoms with Crippen LogP contribution in [0.1, 0.15) is 50.5 Å². The quantitative estimate of drug-likeness (QED) is 0.748. The van der Waals surface area contributed by atoms with Gasteiger partial charge in [-0.05, 0) is 24.8 Å². The molecular formula is C17H24BrNO. The highest BCUT2D eigenvalue weighted by molar-refractivity contribution is 9.09. The minimum absolute atomic E-state index is 0.0100. The zero-order chi connectivity index (χ0) is 14.4. The number of benzene rings is 1. The fourth-order valence-electron chi connectivity index (χ4n) is 3.07. The Hall–Kier alpha value is -0.830. The Labute approximate surface area is 130 Å². The second-order valence-electron chi connectivity index (χ2n) is 5.56. The van der Waals surface area contributed by atoms with Gasteiger partial charge in [-0.1, -0.05) is 66.0 Å². The van der Waals surface area contributed by atoms with Crippen LogP contribution < -0.4 is 0 Å². The maximum absolute atomic E-state index is 13.0. The second kappa shape index (κ2) is 7.82. The lowest BCUT2D eigenvalue weighted by Gasteiger charge is -2.32. The highest BCUT2D eigenvalue weighted by Crippen LogP contribution is 2.26. The van der Waals surface area contributed by atoms with Gasteiger partial charge in [0, 0.05) is 17.9 Å². The van der Waals surface area contributed by atoms with E-state index >= 15 is 0 Å². The summed E-state index contributed by atoms with van der Waals surface area (Å²) >= 11 is 3.59. The third-order valence-electron chi connectivity index (χ3n) is 4.25. The van der Waals surface area contributed by atoms with Crippen molar-refractivity contribution in [3.8, 4) is 0 Å². The SMILES string of the molecule is CCC(C(=O)N1CCCCCC1CBr)c1ccccc1. The summed E-state index contributed by atoms with van der Waals surface area (Å²) in [6.07, 6.45) is 5.62. The van der Waals surface area contributed by atoms with E-state index in [0.29, 0.717) is 11.9 Å². The van der Waals surface area contributed by atoms with Gasteiger partial charge >= 0.3 is 0 Å². The van der Waals surface area contributed by atoms with Crippen molar-refractivity contribution in [2.75, 3.05) is 11.9 Å². The second-order valence-corrected chi connectivity index (χ2v) is 6.21. The molecule has 0 N–H and O–H groups in total. The van der Waals surface area contributed by atoms with E-state index in [1.807, 2.05) is 18.2 Å². The molecule has 2 unspecified atom stereocenters. The van der Waals surface area contributed by atoms with Crippen LogP contribution in [0.25, 0.3) is 0 Å². The molecule has 1 aliphatic rings. The molecule has 0 spiro atoms. The molecule has 2 rings (SSSR count). The van der Waals surface area contributed by atoms with E-state index in [-0.39, 0.29) is 5.92 Å². The molecule has 1 fully saturated rings. The Morgan fingerprint density at radius 3 is 2.70 bits per heavy atom. The lowest BCUT2D eigenvalue weighted by molar-refractivity contribution is -0.134. The molecule has 0 aromatic heterocycles. The van der Waals surface area contributed by atoms with E-state index < -0.39 is 0 Å². The number of carbonyl (C=O) groups excluding carboxylic acids is 1. The Kier molecular flexibility index (Phi) is 6.08. The third kappa shape index (κ3) is 3.63. The van der Waals surface area contributed by atoms with Gasteiger partial charge in [-0.15, -0.1) is 0 Å². The molecule has 0 radical (unpaired) electrons. The largest absolute Gasteiger partial charge is 0.338 e. The van der Waals surface area contributed by atoms with E-state index in [1.54, 1.807) is 0 Å². The molecule has 20 heavy (non-hydrogen) atoms. The van der Waals surface area contributed by atoms with Gasteiger partial charge < -0.3 is 4.90 Å². The number of nitrogens with zero attached hydrogens (tertiary/aromatic N) is 1. The lowest BCUT2D eigenvalue weighted by Crippen LogP contribution is -2.43. The van der Waals surface area contributed by atoms with Crippen molar-refractivity contribution in [1.82, 2.24) is 4.90 Å². The van der Waals surface area contributed by atoms with Gasteiger partial charge in [-0.25, -0.2) is 0 Å². The maximum Gasteiger partial charge on any atom is 0.230 e. The minimum atomic E-state index is 0.0100. The molecule has 2 nitrogen and oxygen atoms in total. The standard InChI is InChI=1S/C17H24BrNO/c1-2-16(14-9-5-3-6-10-14)17(20)19-12-8-4-7-11-15(19)13-18/h3,5-6,9-10,15-16H,2,4,7-8,11-13H2,1H3. The van der Waals surface area contributed by atoms with Gasteiger partial charge in [-0.3, -0.25) is 4.79 Å². The average Bonchev–Trinajstić information content (AvgIpc) is 2.74. The van der Waals surface area contributed by atoms with Crippen molar-refractivity contribution in [2.24, 2.45) is 0 Å². The fourth-order valence-corrected chi connectivity index (χ4v) is 3.74. The zero-order valence-electron chi connectivity index (χ0n) is 12.2. The Morgan fingerprint density at radius 1 is 1.30 bits per heavy atom. The normalized spacial score (nSPS) is 21.3. The van der Waals surface area contributed by atoms with Crippen molar-refractivity contribution in [2.45, 2.75) is 51.0 Å². The smallest absolute Gasteiger partial charge is 0.230 e. The molecule has 0 saturated carbocycles. The number of carbonyl (C=O) groups is 1. The van der Waals surface area contributed by atoms with Gasteiger partial charge in [0.2, 0.25) is 5.91 Å². The van der Waals surface area contributed by atoms with E-state index in [4.69, 9.17) is 0 Å². The summed E-state index contributed by atoms with van der Waals surface area (Å²) in [4.78, 5) is 15.1. The molecule has 1 aromatic carbocycles. The molecule has 0 aliphatic carbocycles. The van der Waals surface area contributed by atoms with E-state index in [0.717, 1.165) is 36.7 Å². The Morgan fingerprint density at radius 2 is 2.05 bits per heavy atom. The first kappa shape index (κ1) is 15.6. The molecule has 0 bridgehead atoms. The van der Waals surface area contributed by atoms with Crippen LogP contribution in [0.15, 0.2) is 30.3 Å². The first-order chi connectivity index (χ1) is 9.77. The molecule has 1 amide bonds. The van der Waals surface area contributed by atoms with Crippen LogP contribution in [0, 0.1) is 0 Å². The van der Waals surface area contributed by atoms with Gasteiger partial charge in [-0.2, -0.15) is 0 Å². The van der Waals surface area contributed by atoms with Crippen molar-refractivity contribution < 1.29 is 4.79 Å². The molecule has 1 aliphatic heterocycles. The van der Waals surface area contributed by atoms with E-state index in [2.05, 4.69) is 39.9 Å². The van der Waals surface area contributed by atoms with Gasteiger partial charge in [0.25, 0.3) is 0 Å². The number of likely N-dealkylation sites (tertiary alicyclic amines) is 1. The summed E-state index contributed by atoms with van der Waals surface area (Å²) < 4.78 is 0. The lowest BCUT2D eigenvalue weighted by atomic mass is 9.94. The first-order valence-corrected chi connectivity index (χ1v) is 8.81. The minimum Gasteiger partial charge on any atom is -0.338 e. The van der Waals surface area contributed by atoms with Crippen molar-refractivity contribution in [3.05, 3.63) is 35.9 Å². The summed E-state index contributed by atoms with van der Waals surface area (Å²) in [6.45, 7) is 3.02. The van der Waals surface area contributed by atoms with Crippen LogP contribution in [-0.2, 0) is 4.79 Å². The highest BCUT2D eigenvalue weighted by Gasteiger charge is 2.29. The van der Waals surface area contributed by atoms with Crippen LogP contribution in [0.4, 0.5) is 0 Å². The monoisotopic (exact) mass is 337 g/mol. The first-order valence-electron chi connectivity index (χ1n) is 7.69. The molecule has 110 valence electrons. The number of halogens is 1. The summed E-state index contributed by atoms with van der Waals surface area (Å²) in [5, 5.41) is 0.893. The highest BCUT2D eigenvalue weighted by atomic mass is 79.9. The van der Waals surface area contributed by atoms with Gasteiger partial charge in [0.1, 0.15) is 0 Å². The average molecular weight is 338 g/mol. The van der Waals surface area contributed by atoms with Crippen LogP contribution >= 0.6 is 15.9 Å². The zero-order valence-corrected chi connectivity index (χ0v) is 13.8. The van der Waals surface area contributed by atoms with Crippen molar-refractivity contribution in [1.29, 1.82) is 0 Å². The van der Waals surface area contributed by atoms with Crippen molar-refractivity contribution in [3.63, 3.8) is 0 Å². The van der Waals surface area contributed by atoms with Crippen LogP contribution in [0.5, 0.6) is 0 Å². The molecule has 1 heterocycles. The van der Waals surface area contributed by atoms with Crippen LogP contribution in [0.3, 0.4) is 0 Å². The van der Waals surface area contributed by atoms with E-state index in [1.165, 1.54) is 12.8 Å². The predicted molar refractivity (Wildman–Crippen MR) is 87.2 cm³/mol. The third-order valence-corrected chi connectivity index (χ3v) is 4.99. The number of hydrogen-bond donors (Lipinski definition) is 0. The topological polar surface area (TPSA) is 20.3 Å². The number of alkyl halides is 1. The Bertz CT molecular complexity index is 420. The summed E-state index contributed by atoms with van der Waals surface area (Å²) in [5.41, 5.74) is 1.15. The fraction of sp³-hybridized carbons (Fsp3) is 0.588. The predicted octanol–water partition coefficient (Wildman–Crippen LogP) is 4.35. The molecule has 3 heteroatoms. The van der Waals surface area contributed by atoms with Gasteiger partial charge in [0.05, 0.1) is 5.92 Å². The van der Waals surface area contributed by atoms with Gasteiger partial charge in [0.15, 0.2) is 0 Å². The van der Waals surface area contributed by atoms with Crippen LogP contribution in [0.2, 0.25) is 0 Å². The number of rotatable bonds is 4.